The Morgan fingerprint density at radius 2 is 1.45 bits per heavy atom. The SMILES string of the molecule is COC(=O)c1ccc(-n2cc(CO[C@H]3O[C@H](COC(C)=O)[C@@H](OC(C)=O)[C@H](OC(C)=O)[C@@H]3OC(C)=O)nn2)cc1. The lowest BCUT2D eigenvalue weighted by Crippen LogP contribution is -2.62. The van der Waals surface area contributed by atoms with E-state index in [-0.39, 0.29) is 13.2 Å². The molecule has 1 aliphatic heterocycles. The minimum atomic E-state index is -1.36. The molecule has 0 amide bonds. The van der Waals surface area contributed by atoms with Gasteiger partial charge in [0.1, 0.15) is 18.4 Å². The van der Waals surface area contributed by atoms with Crippen LogP contribution in [0.1, 0.15) is 43.7 Å². The van der Waals surface area contributed by atoms with Crippen LogP contribution in [0.25, 0.3) is 5.69 Å². The van der Waals surface area contributed by atoms with Crippen molar-refractivity contribution >= 4 is 29.8 Å². The predicted octanol–water partition coefficient (Wildman–Crippen LogP) is 0.654. The van der Waals surface area contributed by atoms with Crippen molar-refractivity contribution in [2.75, 3.05) is 13.7 Å². The smallest absolute Gasteiger partial charge is 0.337 e. The van der Waals surface area contributed by atoms with Crippen molar-refractivity contribution in [1.82, 2.24) is 15.0 Å². The maximum absolute atomic E-state index is 11.9. The molecule has 1 saturated heterocycles. The van der Waals surface area contributed by atoms with Gasteiger partial charge in [-0.05, 0) is 24.3 Å². The molecule has 3 rings (SSSR count). The number of hydrogen-bond acceptors (Lipinski definition) is 14. The van der Waals surface area contributed by atoms with Crippen LogP contribution < -0.4 is 0 Å². The second-order valence-corrected chi connectivity index (χ2v) is 8.57. The summed E-state index contributed by atoms with van der Waals surface area (Å²) in [5.41, 5.74) is 1.29. The van der Waals surface area contributed by atoms with Gasteiger partial charge in [0, 0.05) is 27.7 Å². The van der Waals surface area contributed by atoms with Gasteiger partial charge in [-0.25, -0.2) is 9.48 Å². The second kappa shape index (κ2) is 13.6. The number of hydrogen-bond donors (Lipinski definition) is 0. The second-order valence-electron chi connectivity index (χ2n) is 8.57. The molecular weight excluding hydrogens is 534 g/mol. The van der Waals surface area contributed by atoms with Crippen molar-refractivity contribution in [1.29, 1.82) is 0 Å². The summed E-state index contributed by atoms with van der Waals surface area (Å²) >= 11 is 0. The number of benzene rings is 1. The van der Waals surface area contributed by atoms with Gasteiger partial charge < -0.3 is 33.2 Å². The first-order valence-electron chi connectivity index (χ1n) is 12.0. The Hall–Kier alpha value is -4.37. The minimum absolute atomic E-state index is 0.200. The summed E-state index contributed by atoms with van der Waals surface area (Å²) in [7, 11) is 1.28. The van der Waals surface area contributed by atoms with Gasteiger partial charge in [-0.2, -0.15) is 0 Å². The van der Waals surface area contributed by atoms with E-state index in [9.17, 15) is 24.0 Å². The highest BCUT2D eigenvalue weighted by Gasteiger charge is 2.52. The molecule has 0 bridgehead atoms. The summed E-state index contributed by atoms with van der Waals surface area (Å²) in [6, 6.07) is 6.42. The third-order valence-corrected chi connectivity index (χ3v) is 5.44. The van der Waals surface area contributed by atoms with Crippen molar-refractivity contribution < 1.29 is 57.1 Å². The van der Waals surface area contributed by atoms with Crippen LogP contribution in [0.4, 0.5) is 0 Å². The van der Waals surface area contributed by atoms with E-state index in [0.29, 0.717) is 16.9 Å². The molecule has 1 aromatic heterocycles. The van der Waals surface area contributed by atoms with Crippen LogP contribution in [0.2, 0.25) is 0 Å². The van der Waals surface area contributed by atoms with E-state index in [1.807, 2.05) is 0 Å². The van der Waals surface area contributed by atoms with Crippen LogP contribution in [-0.2, 0) is 58.9 Å². The molecule has 1 aromatic carbocycles. The number of carbonyl (C=O) groups is 5. The predicted molar refractivity (Wildman–Crippen MR) is 129 cm³/mol. The minimum Gasteiger partial charge on any atom is -0.465 e. The fourth-order valence-corrected chi connectivity index (χ4v) is 3.85. The van der Waals surface area contributed by atoms with Gasteiger partial charge >= 0.3 is 29.8 Å². The van der Waals surface area contributed by atoms with Gasteiger partial charge in [0.25, 0.3) is 0 Å². The molecule has 0 spiro atoms. The number of aromatic nitrogens is 3. The zero-order chi connectivity index (χ0) is 29.4. The third kappa shape index (κ3) is 8.07. The normalized spacial score (nSPS) is 22.1. The van der Waals surface area contributed by atoms with E-state index in [0.717, 1.165) is 20.8 Å². The first kappa shape index (κ1) is 30.2. The number of methoxy groups -OCH3 is 1. The lowest BCUT2D eigenvalue weighted by Gasteiger charge is -2.43. The number of carbonyl (C=O) groups excluding carboxylic acids is 5. The summed E-state index contributed by atoms with van der Waals surface area (Å²) in [5, 5.41) is 8.08. The van der Waals surface area contributed by atoms with E-state index < -0.39 is 60.6 Å². The largest absolute Gasteiger partial charge is 0.465 e. The highest BCUT2D eigenvalue weighted by Crippen LogP contribution is 2.30. The topological polar surface area (TPSA) is 181 Å². The van der Waals surface area contributed by atoms with Gasteiger partial charge in [-0.1, -0.05) is 5.21 Å². The molecule has 1 fully saturated rings. The molecule has 15 nitrogen and oxygen atoms in total. The zero-order valence-corrected chi connectivity index (χ0v) is 22.4. The molecule has 0 radical (unpaired) electrons. The van der Waals surface area contributed by atoms with Crippen molar-refractivity contribution in [3.8, 4) is 5.69 Å². The monoisotopic (exact) mass is 563 g/mol. The van der Waals surface area contributed by atoms with E-state index in [1.54, 1.807) is 30.5 Å². The summed E-state index contributed by atoms with van der Waals surface area (Å²) in [6.07, 6.45) is -4.95. The van der Waals surface area contributed by atoms with Gasteiger partial charge in [-0.3, -0.25) is 19.2 Å². The number of ether oxygens (including phenoxy) is 7. The summed E-state index contributed by atoms with van der Waals surface area (Å²) in [5.74, 6) is -3.36. The van der Waals surface area contributed by atoms with Crippen molar-refractivity contribution in [2.45, 2.75) is 65.0 Å². The number of rotatable bonds is 10. The maximum atomic E-state index is 11.9. The van der Waals surface area contributed by atoms with Crippen LogP contribution in [0.15, 0.2) is 30.5 Å². The lowest BCUT2D eigenvalue weighted by atomic mass is 9.98. The molecule has 15 heteroatoms. The summed E-state index contributed by atoms with van der Waals surface area (Å²) < 4.78 is 39.0. The molecule has 0 saturated carbocycles. The van der Waals surface area contributed by atoms with Crippen molar-refractivity contribution in [3.63, 3.8) is 0 Å². The van der Waals surface area contributed by atoms with Crippen molar-refractivity contribution in [2.24, 2.45) is 0 Å². The number of esters is 5. The molecule has 5 atom stereocenters. The molecule has 1 aliphatic rings. The lowest BCUT2D eigenvalue weighted by molar-refractivity contribution is -0.310. The average Bonchev–Trinajstić information content (AvgIpc) is 3.37. The Bertz CT molecular complexity index is 1230. The fraction of sp³-hybridized carbons (Fsp3) is 0.480. The molecule has 2 heterocycles. The Morgan fingerprint density at radius 1 is 0.850 bits per heavy atom. The Morgan fingerprint density at radius 3 is 2.02 bits per heavy atom. The van der Waals surface area contributed by atoms with Crippen LogP contribution in [0.3, 0.4) is 0 Å². The summed E-state index contributed by atoms with van der Waals surface area (Å²) in [4.78, 5) is 58.8. The van der Waals surface area contributed by atoms with Crippen LogP contribution in [0.5, 0.6) is 0 Å². The molecule has 0 N–H and O–H groups in total. The van der Waals surface area contributed by atoms with Crippen LogP contribution in [-0.4, -0.2) is 89.3 Å². The highest BCUT2D eigenvalue weighted by atomic mass is 16.7. The van der Waals surface area contributed by atoms with E-state index in [4.69, 9.17) is 28.4 Å². The Balaban J connectivity index is 1.83. The van der Waals surface area contributed by atoms with Crippen molar-refractivity contribution in [3.05, 3.63) is 41.7 Å². The quantitative estimate of drug-likeness (QED) is 0.290. The van der Waals surface area contributed by atoms with Crippen LogP contribution in [0, 0.1) is 0 Å². The molecular formula is C25H29N3O12. The average molecular weight is 564 g/mol. The molecule has 216 valence electrons. The number of nitrogens with zero attached hydrogens (tertiary/aromatic N) is 3. The first-order chi connectivity index (χ1) is 19.0. The molecule has 0 unspecified atom stereocenters. The highest BCUT2D eigenvalue weighted by molar-refractivity contribution is 5.89. The van der Waals surface area contributed by atoms with E-state index in [1.165, 1.54) is 18.7 Å². The Labute approximate surface area is 228 Å². The van der Waals surface area contributed by atoms with Gasteiger partial charge in [0.05, 0.1) is 31.2 Å². The maximum Gasteiger partial charge on any atom is 0.337 e. The molecule has 0 aliphatic carbocycles. The molecule has 2 aromatic rings. The van der Waals surface area contributed by atoms with Crippen LogP contribution >= 0.6 is 0 Å². The van der Waals surface area contributed by atoms with Gasteiger partial charge in [0.2, 0.25) is 0 Å². The van der Waals surface area contributed by atoms with Gasteiger partial charge in [-0.15, -0.1) is 5.10 Å². The Kier molecular flexibility index (Phi) is 10.3. The third-order valence-electron chi connectivity index (χ3n) is 5.44. The standard InChI is InChI=1S/C25H29N3O12/c1-13(29)35-12-20-21(37-14(2)30)22(38-15(3)31)23(39-16(4)32)25(40-20)36-11-18-10-28(27-26-18)19-8-6-17(7-9-19)24(33)34-5/h6-10,20-23,25H,11-12H2,1-5H3/t20-,21-,22+,23+,25+/m1/s1. The zero-order valence-electron chi connectivity index (χ0n) is 22.4. The fourth-order valence-electron chi connectivity index (χ4n) is 3.85. The first-order valence-corrected chi connectivity index (χ1v) is 12.0. The van der Waals surface area contributed by atoms with E-state index in [2.05, 4.69) is 15.0 Å². The summed E-state index contributed by atoms with van der Waals surface area (Å²) in [6.45, 7) is 3.98. The molecule has 40 heavy (non-hydrogen) atoms. The van der Waals surface area contributed by atoms with Gasteiger partial charge in [0.15, 0.2) is 24.6 Å². The van der Waals surface area contributed by atoms with E-state index >= 15 is 0 Å².